The Hall–Kier alpha value is -2.73. The molecule has 0 unspecified atom stereocenters. The summed E-state index contributed by atoms with van der Waals surface area (Å²) in [4.78, 5) is 27.7. The summed E-state index contributed by atoms with van der Waals surface area (Å²) < 4.78 is 0. The quantitative estimate of drug-likeness (QED) is 0.583. The van der Waals surface area contributed by atoms with E-state index in [-0.39, 0.29) is 11.6 Å². The fourth-order valence-corrected chi connectivity index (χ4v) is 3.29. The predicted octanol–water partition coefficient (Wildman–Crippen LogP) is 4.37. The Kier molecular flexibility index (Phi) is 7.70. The molecular weight excluding hydrogens is 354 g/mol. The first kappa shape index (κ1) is 21.6. The number of nitro groups is 1. The van der Waals surface area contributed by atoms with Crippen LogP contribution in [0.5, 0.6) is 0 Å². The van der Waals surface area contributed by atoms with Gasteiger partial charge in [-0.05, 0) is 55.8 Å². The molecule has 6 heteroatoms. The highest BCUT2D eigenvalue weighted by Gasteiger charge is 2.20. The van der Waals surface area contributed by atoms with Gasteiger partial charge in [0.1, 0.15) is 0 Å². The Balaban J connectivity index is 0.00000136. The van der Waals surface area contributed by atoms with E-state index in [2.05, 4.69) is 11.9 Å². The molecule has 0 bridgehead atoms. The fraction of sp³-hybridized carbons (Fsp3) is 0.409. The molecule has 2 aromatic carbocycles. The maximum Gasteiger partial charge on any atom is 0.270 e. The van der Waals surface area contributed by atoms with Gasteiger partial charge in [0, 0.05) is 37.3 Å². The van der Waals surface area contributed by atoms with Crippen molar-refractivity contribution in [1.29, 1.82) is 0 Å². The zero-order valence-corrected chi connectivity index (χ0v) is 17.1. The third-order valence-electron chi connectivity index (χ3n) is 4.86. The number of carbonyl (C=O) groups is 1. The second-order valence-electron chi connectivity index (χ2n) is 6.79. The van der Waals surface area contributed by atoms with Crippen LogP contribution >= 0.6 is 0 Å². The minimum Gasteiger partial charge on any atom is -0.337 e. The van der Waals surface area contributed by atoms with E-state index >= 15 is 0 Å². The molecule has 0 spiro atoms. The van der Waals surface area contributed by atoms with Crippen molar-refractivity contribution in [1.82, 2.24) is 9.80 Å². The van der Waals surface area contributed by atoms with Crippen molar-refractivity contribution < 1.29 is 9.72 Å². The first-order chi connectivity index (χ1) is 13.5. The second-order valence-corrected chi connectivity index (χ2v) is 6.79. The smallest absolute Gasteiger partial charge is 0.270 e. The van der Waals surface area contributed by atoms with Gasteiger partial charge in [0.05, 0.1) is 4.92 Å². The summed E-state index contributed by atoms with van der Waals surface area (Å²) in [6, 6.07) is 12.1. The Morgan fingerprint density at radius 3 is 2.50 bits per heavy atom. The number of nitro benzene ring substituents is 1. The molecule has 0 saturated carbocycles. The van der Waals surface area contributed by atoms with E-state index < -0.39 is 4.92 Å². The van der Waals surface area contributed by atoms with Crippen molar-refractivity contribution in [3.63, 3.8) is 0 Å². The summed E-state index contributed by atoms with van der Waals surface area (Å²) in [6.45, 7) is 9.29. The number of benzene rings is 2. The molecule has 0 radical (unpaired) electrons. The van der Waals surface area contributed by atoms with Crippen LogP contribution < -0.4 is 0 Å². The first-order valence-electron chi connectivity index (χ1n) is 9.79. The Bertz CT molecular complexity index is 836. The van der Waals surface area contributed by atoms with E-state index in [0.29, 0.717) is 5.56 Å². The van der Waals surface area contributed by atoms with Crippen LogP contribution in [0.15, 0.2) is 42.5 Å². The van der Waals surface area contributed by atoms with Gasteiger partial charge in [0.2, 0.25) is 0 Å². The van der Waals surface area contributed by atoms with Crippen LogP contribution in [0.2, 0.25) is 0 Å². The van der Waals surface area contributed by atoms with Crippen LogP contribution in [0.3, 0.4) is 0 Å². The number of non-ortho nitro benzene ring substituents is 1. The number of carbonyl (C=O) groups excluding carboxylic acids is 1. The number of likely N-dealkylation sites (N-methyl/N-ethyl adjacent to an activating group) is 1. The molecule has 28 heavy (non-hydrogen) atoms. The van der Waals surface area contributed by atoms with Gasteiger partial charge >= 0.3 is 0 Å². The summed E-state index contributed by atoms with van der Waals surface area (Å²) in [5.41, 5.74) is 3.27. The highest BCUT2D eigenvalue weighted by Crippen LogP contribution is 2.28. The van der Waals surface area contributed by atoms with Crippen molar-refractivity contribution in [2.45, 2.75) is 27.2 Å². The Morgan fingerprint density at radius 1 is 1.04 bits per heavy atom. The molecule has 1 aliphatic rings. The van der Waals surface area contributed by atoms with Crippen LogP contribution in [0.4, 0.5) is 5.69 Å². The van der Waals surface area contributed by atoms with E-state index in [1.54, 1.807) is 12.1 Å². The van der Waals surface area contributed by atoms with E-state index in [9.17, 15) is 14.9 Å². The molecule has 0 N–H and O–H groups in total. The topological polar surface area (TPSA) is 66.7 Å². The fourth-order valence-electron chi connectivity index (χ4n) is 3.29. The van der Waals surface area contributed by atoms with E-state index in [0.717, 1.165) is 49.3 Å². The average Bonchev–Trinajstić information content (AvgIpc) is 2.94. The number of hydrogen-bond donors (Lipinski definition) is 0. The molecule has 1 saturated heterocycles. The number of nitrogens with zero attached hydrogens (tertiary/aromatic N) is 3. The van der Waals surface area contributed by atoms with E-state index in [1.165, 1.54) is 6.07 Å². The van der Waals surface area contributed by atoms with Gasteiger partial charge in [-0.1, -0.05) is 32.0 Å². The van der Waals surface area contributed by atoms with Gasteiger partial charge < -0.3 is 9.80 Å². The number of aryl methyl sites for hydroxylation is 1. The highest BCUT2D eigenvalue weighted by atomic mass is 16.6. The third kappa shape index (κ3) is 5.16. The molecule has 3 rings (SSSR count). The summed E-state index contributed by atoms with van der Waals surface area (Å²) in [7, 11) is 2.07. The van der Waals surface area contributed by atoms with Gasteiger partial charge in [-0.3, -0.25) is 14.9 Å². The third-order valence-corrected chi connectivity index (χ3v) is 4.86. The van der Waals surface area contributed by atoms with Crippen molar-refractivity contribution in [2.24, 2.45) is 0 Å². The van der Waals surface area contributed by atoms with Gasteiger partial charge in [-0.2, -0.15) is 0 Å². The Labute approximate surface area is 166 Å². The van der Waals surface area contributed by atoms with Crippen molar-refractivity contribution in [3.8, 4) is 11.1 Å². The van der Waals surface area contributed by atoms with Crippen LogP contribution in [-0.4, -0.2) is 53.9 Å². The van der Waals surface area contributed by atoms with Gasteiger partial charge in [-0.25, -0.2) is 0 Å². The minimum atomic E-state index is -0.401. The van der Waals surface area contributed by atoms with Crippen molar-refractivity contribution in [2.75, 3.05) is 33.2 Å². The first-order valence-corrected chi connectivity index (χ1v) is 9.79. The zero-order chi connectivity index (χ0) is 20.7. The molecule has 2 aromatic rings. The largest absolute Gasteiger partial charge is 0.337 e. The summed E-state index contributed by atoms with van der Waals surface area (Å²) >= 11 is 0. The minimum absolute atomic E-state index is 0.0204. The lowest BCUT2D eigenvalue weighted by Gasteiger charge is -2.21. The lowest BCUT2D eigenvalue weighted by Crippen LogP contribution is -2.34. The lowest BCUT2D eigenvalue weighted by atomic mass is 9.97. The van der Waals surface area contributed by atoms with Gasteiger partial charge in [0.15, 0.2) is 0 Å². The van der Waals surface area contributed by atoms with Gasteiger partial charge in [-0.15, -0.1) is 0 Å². The summed E-state index contributed by atoms with van der Waals surface area (Å²) in [5, 5.41) is 11.1. The second kappa shape index (κ2) is 9.99. The molecule has 6 nitrogen and oxygen atoms in total. The van der Waals surface area contributed by atoms with Crippen LogP contribution in [0, 0.1) is 17.0 Å². The number of rotatable bonds is 3. The van der Waals surface area contributed by atoms with Crippen LogP contribution in [0.25, 0.3) is 11.1 Å². The lowest BCUT2D eigenvalue weighted by molar-refractivity contribution is -0.384. The SMILES string of the molecule is CC.Cc1ccc(C(=O)N2CCCN(C)CC2)cc1-c1cccc([N+](=O)[O-])c1. The van der Waals surface area contributed by atoms with Crippen LogP contribution in [0.1, 0.15) is 36.2 Å². The molecule has 1 heterocycles. The van der Waals surface area contributed by atoms with Gasteiger partial charge in [0.25, 0.3) is 11.6 Å². The molecule has 0 aromatic heterocycles. The highest BCUT2D eigenvalue weighted by molar-refractivity contribution is 5.96. The van der Waals surface area contributed by atoms with E-state index in [1.807, 2.05) is 49.9 Å². The molecule has 1 amide bonds. The molecule has 150 valence electrons. The number of amides is 1. The maximum absolute atomic E-state index is 12.9. The molecule has 0 atom stereocenters. The molecule has 0 aliphatic carbocycles. The summed E-state index contributed by atoms with van der Waals surface area (Å²) in [5.74, 6) is 0.0204. The zero-order valence-electron chi connectivity index (χ0n) is 17.1. The molecule has 1 fully saturated rings. The maximum atomic E-state index is 12.9. The van der Waals surface area contributed by atoms with Crippen molar-refractivity contribution in [3.05, 3.63) is 63.7 Å². The molecular formula is C22H29N3O3. The normalized spacial score (nSPS) is 14.6. The summed E-state index contributed by atoms with van der Waals surface area (Å²) in [6.07, 6.45) is 0.964. The van der Waals surface area contributed by atoms with Crippen LogP contribution in [-0.2, 0) is 0 Å². The monoisotopic (exact) mass is 383 g/mol. The number of hydrogen-bond acceptors (Lipinski definition) is 4. The van der Waals surface area contributed by atoms with E-state index in [4.69, 9.17) is 0 Å². The Morgan fingerprint density at radius 2 is 1.79 bits per heavy atom. The standard InChI is InChI=1S/C20H23N3O3.C2H6/c1-15-7-8-17(20(24)22-10-4-9-21(2)11-12-22)14-19(15)16-5-3-6-18(13-16)23(25)26;1-2/h3,5-8,13-14H,4,9-12H2,1-2H3;1-2H3. The van der Waals surface area contributed by atoms with Crippen molar-refractivity contribution >= 4 is 11.6 Å². The molecule has 1 aliphatic heterocycles. The average molecular weight is 383 g/mol. The predicted molar refractivity (Wildman–Crippen MR) is 113 cm³/mol.